The van der Waals surface area contributed by atoms with Gasteiger partial charge < -0.3 is 15.2 Å². The van der Waals surface area contributed by atoms with Crippen molar-refractivity contribution >= 4 is 0 Å². The maximum absolute atomic E-state index is 9.63. The molecule has 3 nitrogen and oxygen atoms in total. The van der Waals surface area contributed by atoms with Crippen LogP contribution in [0, 0.1) is 0 Å². The van der Waals surface area contributed by atoms with Gasteiger partial charge in [0.1, 0.15) is 17.6 Å². The van der Waals surface area contributed by atoms with Gasteiger partial charge in [0.15, 0.2) is 0 Å². The molecule has 0 saturated carbocycles. The number of rotatable bonds is 1. The van der Waals surface area contributed by atoms with E-state index in [1.54, 1.807) is 6.07 Å². The summed E-state index contributed by atoms with van der Waals surface area (Å²) in [6.07, 6.45) is 2.38. The Hall–Kier alpha value is -1.22. The molecule has 2 heterocycles. The van der Waals surface area contributed by atoms with Gasteiger partial charge in [0.25, 0.3) is 0 Å². The summed E-state index contributed by atoms with van der Waals surface area (Å²) in [5.41, 5.74) is 1.31. The van der Waals surface area contributed by atoms with Gasteiger partial charge in [0, 0.05) is 17.5 Å². The van der Waals surface area contributed by atoms with Crippen LogP contribution >= 0.6 is 0 Å². The molecule has 16 heavy (non-hydrogen) atoms. The number of phenols is 1. The average Bonchev–Trinajstić information content (AvgIpc) is 2.64. The van der Waals surface area contributed by atoms with E-state index in [4.69, 9.17) is 4.74 Å². The fourth-order valence-electron chi connectivity index (χ4n) is 3.12. The van der Waals surface area contributed by atoms with Crippen LogP contribution in [-0.4, -0.2) is 24.3 Å². The van der Waals surface area contributed by atoms with Crippen molar-refractivity contribution in [3.63, 3.8) is 0 Å². The van der Waals surface area contributed by atoms with E-state index in [2.05, 4.69) is 12.2 Å². The highest BCUT2D eigenvalue weighted by Crippen LogP contribution is 2.49. The number of piperidine rings is 1. The van der Waals surface area contributed by atoms with Gasteiger partial charge in [-0.2, -0.15) is 0 Å². The minimum Gasteiger partial charge on any atom is -0.508 e. The lowest BCUT2D eigenvalue weighted by Crippen LogP contribution is -2.50. The Bertz CT molecular complexity index is 418. The minimum atomic E-state index is 0.110. The van der Waals surface area contributed by atoms with E-state index in [0.717, 1.165) is 31.7 Å². The third-order valence-electron chi connectivity index (χ3n) is 4.09. The van der Waals surface area contributed by atoms with E-state index in [1.165, 1.54) is 5.56 Å². The van der Waals surface area contributed by atoms with Crippen LogP contribution in [0.2, 0.25) is 0 Å². The van der Waals surface area contributed by atoms with E-state index < -0.39 is 0 Å². The Balaban J connectivity index is 2.12. The summed E-state index contributed by atoms with van der Waals surface area (Å²) in [6.45, 7) is 4.15. The zero-order valence-corrected chi connectivity index (χ0v) is 9.49. The SMILES string of the molecule is CCC12CCNCC1Oc1ccc(O)cc12. The molecule has 1 fully saturated rings. The molecule has 1 aromatic rings. The van der Waals surface area contributed by atoms with E-state index in [0.29, 0.717) is 5.75 Å². The highest BCUT2D eigenvalue weighted by molar-refractivity contribution is 5.49. The van der Waals surface area contributed by atoms with Crippen molar-refractivity contribution in [1.29, 1.82) is 0 Å². The molecule has 0 radical (unpaired) electrons. The predicted molar refractivity (Wildman–Crippen MR) is 62.0 cm³/mol. The molecule has 2 aliphatic rings. The lowest BCUT2D eigenvalue weighted by atomic mass is 9.71. The topological polar surface area (TPSA) is 41.5 Å². The lowest BCUT2D eigenvalue weighted by Gasteiger charge is -2.37. The van der Waals surface area contributed by atoms with Crippen LogP contribution in [0.1, 0.15) is 25.3 Å². The second-order valence-electron chi connectivity index (χ2n) is 4.75. The monoisotopic (exact) mass is 219 g/mol. The van der Waals surface area contributed by atoms with Crippen molar-refractivity contribution < 1.29 is 9.84 Å². The Morgan fingerprint density at radius 1 is 1.56 bits per heavy atom. The zero-order chi connectivity index (χ0) is 11.2. The van der Waals surface area contributed by atoms with E-state index in [-0.39, 0.29) is 11.5 Å². The molecule has 1 aromatic carbocycles. The van der Waals surface area contributed by atoms with E-state index in [1.807, 2.05) is 12.1 Å². The molecule has 0 aromatic heterocycles. The smallest absolute Gasteiger partial charge is 0.124 e. The van der Waals surface area contributed by atoms with Crippen LogP contribution < -0.4 is 10.1 Å². The van der Waals surface area contributed by atoms with Crippen LogP contribution in [0.25, 0.3) is 0 Å². The van der Waals surface area contributed by atoms with Gasteiger partial charge in [-0.05, 0) is 37.6 Å². The molecule has 0 bridgehead atoms. The Kier molecular flexibility index (Phi) is 2.11. The summed E-state index contributed by atoms with van der Waals surface area (Å²) < 4.78 is 5.99. The summed E-state index contributed by atoms with van der Waals surface area (Å²) in [5.74, 6) is 1.29. The highest BCUT2D eigenvalue weighted by atomic mass is 16.5. The normalized spacial score (nSPS) is 31.7. The standard InChI is InChI=1S/C13H17NO2/c1-2-13-5-6-14-8-12(13)16-11-4-3-9(15)7-10(11)13/h3-4,7,12,14-15H,2,5-6,8H2,1H3. The fourth-order valence-corrected chi connectivity index (χ4v) is 3.12. The summed E-state index contributed by atoms with van der Waals surface area (Å²) in [6, 6.07) is 5.47. The van der Waals surface area contributed by atoms with Gasteiger partial charge in [-0.25, -0.2) is 0 Å². The number of hydrogen-bond donors (Lipinski definition) is 2. The third-order valence-corrected chi connectivity index (χ3v) is 4.09. The summed E-state index contributed by atoms with van der Waals surface area (Å²) >= 11 is 0. The number of fused-ring (bicyclic) bond motifs is 3. The van der Waals surface area contributed by atoms with Gasteiger partial charge in [-0.15, -0.1) is 0 Å². The van der Waals surface area contributed by atoms with Crippen LogP contribution in [0.5, 0.6) is 11.5 Å². The van der Waals surface area contributed by atoms with Gasteiger partial charge in [-0.3, -0.25) is 0 Å². The van der Waals surface area contributed by atoms with Crippen LogP contribution in [0.4, 0.5) is 0 Å². The van der Waals surface area contributed by atoms with Crippen molar-refractivity contribution in [2.45, 2.75) is 31.3 Å². The van der Waals surface area contributed by atoms with Gasteiger partial charge in [0.05, 0.1) is 0 Å². The van der Waals surface area contributed by atoms with Gasteiger partial charge in [0.2, 0.25) is 0 Å². The minimum absolute atomic E-state index is 0.110. The first-order valence-electron chi connectivity index (χ1n) is 5.97. The molecule has 2 aliphatic heterocycles. The van der Waals surface area contributed by atoms with Gasteiger partial charge in [-0.1, -0.05) is 6.92 Å². The summed E-state index contributed by atoms with van der Waals surface area (Å²) in [5, 5.41) is 13.0. The molecule has 2 unspecified atom stereocenters. The van der Waals surface area contributed by atoms with Crippen molar-refractivity contribution in [2.24, 2.45) is 0 Å². The second kappa shape index (κ2) is 3.39. The second-order valence-corrected chi connectivity index (χ2v) is 4.75. The lowest BCUT2D eigenvalue weighted by molar-refractivity contribution is 0.109. The number of phenolic OH excluding ortho intramolecular Hbond substituents is 1. The van der Waals surface area contributed by atoms with Crippen LogP contribution in [-0.2, 0) is 5.41 Å². The molecule has 3 rings (SSSR count). The molecule has 3 heteroatoms. The highest BCUT2D eigenvalue weighted by Gasteiger charge is 2.48. The largest absolute Gasteiger partial charge is 0.508 e. The van der Waals surface area contributed by atoms with Gasteiger partial charge >= 0.3 is 0 Å². The first kappa shape index (κ1) is 9.97. The molecule has 0 spiro atoms. The Labute approximate surface area is 95.4 Å². The maximum atomic E-state index is 9.63. The van der Waals surface area contributed by atoms with Crippen molar-refractivity contribution in [2.75, 3.05) is 13.1 Å². The number of ether oxygens (including phenoxy) is 1. The van der Waals surface area contributed by atoms with Crippen molar-refractivity contribution in [3.8, 4) is 11.5 Å². The maximum Gasteiger partial charge on any atom is 0.124 e. The number of nitrogens with one attached hydrogen (secondary N) is 1. The molecule has 1 saturated heterocycles. The van der Waals surface area contributed by atoms with Crippen LogP contribution in [0.15, 0.2) is 18.2 Å². The first-order chi connectivity index (χ1) is 7.76. The average molecular weight is 219 g/mol. The molecule has 2 N–H and O–H groups in total. The predicted octanol–water partition coefficient (Wildman–Crippen LogP) is 1.79. The molecule has 0 amide bonds. The zero-order valence-electron chi connectivity index (χ0n) is 9.49. The molecule has 0 aliphatic carbocycles. The van der Waals surface area contributed by atoms with E-state index in [9.17, 15) is 5.11 Å². The molecule has 2 atom stereocenters. The van der Waals surface area contributed by atoms with Crippen molar-refractivity contribution in [1.82, 2.24) is 5.32 Å². The molecule has 86 valence electrons. The van der Waals surface area contributed by atoms with Crippen molar-refractivity contribution in [3.05, 3.63) is 23.8 Å². The third kappa shape index (κ3) is 1.18. The number of aromatic hydroxyl groups is 1. The number of hydrogen-bond acceptors (Lipinski definition) is 3. The first-order valence-corrected chi connectivity index (χ1v) is 5.97. The van der Waals surface area contributed by atoms with Crippen LogP contribution in [0.3, 0.4) is 0 Å². The Morgan fingerprint density at radius 2 is 2.44 bits per heavy atom. The quantitative estimate of drug-likeness (QED) is 0.756. The molecular formula is C13H17NO2. The summed E-state index contributed by atoms with van der Waals surface area (Å²) in [7, 11) is 0. The summed E-state index contributed by atoms with van der Waals surface area (Å²) in [4.78, 5) is 0. The Morgan fingerprint density at radius 3 is 3.25 bits per heavy atom. The molecular weight excluding hydrogens is 202 g/mol. The van der Waals surface area contributed by atoms with E-state index >= 15 is 0 Å². The fraction of sp³-hybridized carbons (Fsp3) is 0.538. The number of benzene rings is 1.